The molecule has 1 aromatic heterocycles. The second-order valence-corrected chi connectivity index (χ2v) is 5.06. The molecule has 4 heteroatoms. The number of aromatic nitrogens is 1. The first-order chi connectivity index (χ1) is 10.3. The van der Waals surface area contributed by atoms with E-state index in [1.54, 1.807) is 7.11 Å². The molecule has 0 saturated carbocycles. The molecular weight excluding hydrogens is 264 g/mol. The van der Waals surface area contributed by atoms with Crippen LogP contribution in [0.15, 0.2) is 53.1 Å². The largest absolute Gasteiger partial charge is 0.496 e. The Labute approximate surface area is 123 Å². The lowest BCUT2D eigenvalue weighted by atomic mass is 10.0. The maximum absolute atomic E-state index is 5.38. The van der Waals surface area contributed by atoms with E-state index in [0.29, 0.717) is 5.92 Å². The van der Waals surface area contributed by atoms with Crippen LogP contribution < -0.4 is 10.1 Å². The summed E-state index contributed by atoms with van der Waals surface area (Å²) in [5, 5.41) is 8.35. The van der Waals surface area contributed by atoms with Gasteiger partial charge in [-0.15, -0.1) is 0 Å². The average molecular weight is 282 g/mol. The first kappa shape index (κ1) is 13.5. The SMILES string of the molecule is COc1cccc2onc(NC[C@@H](C)c3ccccc3)c12. The van der Waals surface area contributed by atoms with E-state index >= 15 is 0 Å². The van der Waals surface area contributed by atoms with Crippen molar-refractivity contribution in [2.45, 2.75) is 12.8 Å². The molecule has 3 rings (SSSR count). The average Bonchev–Trinajstić information content (AvgIpc) is 2.96. The van der Waals surface area contributed by atoms with Gasteiger partial charge in [-0.3, -0.25) is 0 Å². The molecule has 4 nitrogen and oxygen atoms in total. The van der Waals surface area contributed by atoms with Crippen molar-refractivity contribution in [3.63, 3.8) is 0 Å². The van der Waals surface area contributed by atoms with Gasteiger partial charge in [-0.25, -0.2) is 0 Å². The number of hydrogen-bond donors (Lipinski definition) is 1. The number of fused-ring (bicyclic) bond motifs is 1. The summed E-state index contributed by atoms with van der Waals surface area (Å²) in [5.74, 6) is 1.88. The van der Waals surface area contributed by atoms with Crippen LogP contribution in [-0.2, 0) is 0 Å². The molecule has 0 spiro atoms. The molecule has 1 heterocycles. The van der Waals surface area contributed by atoms with Gasteiger partial charge in [-0.1, -0.05) is 48.5 Å². The number of nitrogens with one attached hydrogen (secondary N) is 1. The van der Waals surface area contributed by atoms with E-state index in [-0.39, 0.29) is 0 Å². The second kappa shape index (κ2) is 5.87. The molecule has 0 amide bonds. The highest BCUT2D eigenvalue weighted by Crippen LogP contribution is 2.32. The molecule has 0 radical (unpaired) electrons. The molecule has 3 aromatic rings. The Morgan fingerprint density at radius 1 is 1.14 bits per heavy atom. The molecule has 0 fully saturated rings. The van der Waals surface area contributed by atoms with Crippen LogP contribution in [-0.4, -0.2) is 18.8 Å². The van der Waals surface area contributed by atoms with Crippen molar-refractivity contribution in [1.82, 2.24) is 5.16 Å². The van der Waals surface area contributed by atoms with Crippen molar-refractivity contribution in [1.29, 1.82) is 0 Å². The van der Waals surface area contributed by atoms with Gasteiger partial charge in [-0.05, 0) is 23.6 Å². The summed E-state index contributed by atoms with van der Waals surface area (Å²) in [4.78, 5) is 0. The minimum absolute atomic E-state index is 0.382. The molecule has 21 heavy (non-hydrogen) atoms. The van der Waals surface area contributed by atoms with Gasteiger partial charge in [0, 0.05) is 6.54 Å². The Morgan fingerprint density at radius 2 is 1.95 bits per heavy atom. The van der Waals surface area contributed by atoms with E-state index in [0.717, 1.165) is 29.1 Å². The number of nitrogens with zero attached hydrogens (tertiary/aromatic N) is 1. The number of rotatable bonds is 5. The molecular formula is C17H18N2O2. The third-order valence-electron chi connectivity index (χ3n) is 3.62. The van der Waals surface area contributed by atoms with E-state index in [1.807, 2.05) is 24.3 Å². The zero-order valence-electron chi connectivity index (χ0n) is 12.2. The van der Waals surface area contributed by atoms with Crippen LogP contribution in [0.3, 0.4) is 0 Å². The Hall–Kier alpha value is -2.49. The smallest absolute Gasteiger partial charge is 0.181 e. The second-order valence-electron chi connectivity index (χ2n) is 5.06. The Bertz CT molecular complexity index is 722. The van der Waals surface area contributed by atoms with Crippen LogP contribution >= 0.6 is 0 Å². The van der Waals surface area contributed by atoms with Gasteiger partial charge < -0.3 is 14.6 Å². The molecule has 0 saturated heterocycles. The summed E-state index contributed by atoms with van der Waals surface area (Å²) >= 11 is 0. The highest BCUT2D eigenvalue weighted by molar-refractivity contribution is 5.93. The first-order valence-corrected chi connectivity index (χ1v) is 7.01. The van der Waals surface area contributed by atoms with Crippen LogP contribution in [0.1, 0.15) is 18.4 Å². The third kappa shape index (κ3) is 2.70. The predicted octanol–water partition coefficient (Wildman–Crippen LogP) is 4.05. The van der Waals surface area contributed by atoms with Crippen molar-refractivity contribution in [2.24, 2.45) is 0 Å². The molecule has 0 aliphatic heterocycles. The van der Waals surface area contributed by atoms with Gasteiger partial charge in [-0.2, -0.15) is 0 Å². The van der Waals surface area contributed by atoms with E-state index in [1.165, 1.54) is 5.56 Å². The topological polar surface area (TPSA) is 47.3 Å². The normalized spacial score (nSPS) is 12.3. The number of anilines is 1. The van der Waals surface area contributed by atoms with E-state index in [2.05, 4.69) is 41.7 Å². The summed E-state index contributed by atoms with van der Waals surface area (Å²) in [7, 11) is 1.65. The minimum atomic E-state index is 0.382. The van der Waals surface area contributed by atoms with Crippen molar-refractivity contribution in [3.8, 4) is 5.75 Å². The third-order valence-corrected chi connectivity index (χ3v) is 3.62. The molecule has 1 atom stereocenters. The zero-order chi connectivity index (χ0) is 14.7. The first-order valence-electron chi connectivity index (χ1n) is 7.01. The molecule has 0 aliphatic rings. The van der Waals surface area contributed by atoms with E-state index < -0.39 is 0 Å². The summed E-state index contributed by atoms with van der Waals surface area (Å²) in [5.41, 5.74) is 2.02. The molecule has 108 valence electrons. The van der Waals surface area contributed by atoms with Crippen LogP contribution in [0.2, 0.25) is 0 Å². The fourth-order valence-electron chi connectivity index (χ4n) is 2.40. The molecule has 1 N–H and O–H groups in total. The predicted molar refractivity (Wildman–Crippen MR) is 83.9 cm³/mol. The minimum Gasteiger partial charge on any atom is -0.496 e. The van der Waals surface area contributed by atoms with Crippen LogP contribution in [0.5, 0.6) is 5.75 Å². The van der Waals surface area contributed by atoms with Crippen molar-refractivity contribution >= 4 is 16.8 Å². The lowest BCUT2D eigenvalue weighted by Crippen LogP contribution is -2.10. The van der Waals surface area contributed by atoms with Crippen LogP contribution in [0, 0.1) is 0 Å². The Balaban J connectivity index is 1.80. The highest BCUT2D eigenvalue weighted by Gasteiger charge is 2.14. The van der Waals surface area contributed by atoms with Gasteiger partial charge in [0.05, 0.1) is 7.11 Å². The van der Waals surface area contributed by atoms with Crippen molar-refractivity contribution < 1.29 is 9.26 Å². The van der Waals surface area contributed by atoms with Crippen molar-refractivity contribution in [2.75, 3.05) is 19.0 Å². The van der Waals surface area contributed by atoms with Gasteiger partial charge in [0.25, 0.3) is 0 Å². The zero-order valence-corrected chi connectivity index (χ0v) is 12.2. The van der Waals surface area contributed by atoms with Crippen LogP contribution in [0.25, 0.3) is 11.0 Å². The van der Waals surface area contributed by atoms with Gasteiger partial charge >= 0.3 is 0 Å². The fraction of sp³-hybridized carbons (Fsp3) is 0.235. The maximum Gasteiger partial charge on any atom is 0.181 e. The molecule has 2 aromatic carbocycles. The standard InChI is InChI=1S/C17H18N2O2/c1-12(13-7-4-3-5-8-13)11-18-17-16-14(20-2)9-6-10-15(16)21-19-17/h3-10,12H,11H2,1-2H3,(H,18,19)/t12-/m1/s1. The number of hydrogen-bond acceptors (Lipinski definition) is 4. The van der Waals surface area contributed by atoms with Crippen LogP contribution in [0.4, 0.5) is 5.82 Å². The number of benzene rings is 2. The molecule has 0 unspecified atom stereocenters. The van der Waals surface area contributed by atoms with Gasteiger partial charge in [0.1, 0.15) is 11.1 Å². The number of methoxy groups -OCH3 is 1. The quantitative estimate of drug-likeness (QED) is 0.767. The molecule has 0 aliphatic carbocycles. The Morgan fingerprint density at radius 3 is 2.71 bits per heavy atom. The van der Waals surface area contributed by atoms with E-state index in [4.69, 9.17) is 9.26 Å². The van der Waals surface area contributed by atoms with Crippen molar-refractivity contribution in [3.05, 3.63) is 54.1 Å². The Kier molecular flexibility index (Phi) is 3.77. The highest BCUT2D eigenvalue weighted by atomic mass is 16.5. The lowest BCUT2D eigenvalue weighted by molar-refractivity contribution is 0.419. The summed E-state index contributed by atoms with van der Waals surface area (Å²) in [6.45, 7) is 2.96. The van der Waals surface area contributed by atoms with Gasteiger partial charge in [0.2, 0.25) is 0 Å². The van der Waals surface area contributed by atoms with Gasteiger partial charge in [0.15, 0.2) is 11.4 Å². The summed E-state index contributed by atoms with van der Waals surface area (Å²) in [6.07, 6.45) is 0. The van der Waals surface area contributed by atoms with E-state index in [9.17, 15) is 0 Å². The monoisotopic (exact) mass is 282 g/mol. The molecule has 0 bridgehead atoms. The lowest BCUT2D eigenvalue weighted by Gasteiger charge is -2.12. The summed E-state index contributed by atoms with van der Waals surface area (Å²) < 4.78 is 10.7. The summed E-state index contributed by atoms with van der Waals surface area (Å²) in [6, 6.07) is 16.1. The fourth-order valence-corrected chi connectivity index (χ4v) is 2.40. The maximum atomic E-state index is 5.38. The number of ether oxygens (including phenoxy) is 1.